The van der Waals surface area contributed by atoms with Crippen LogP contribution in [0.2, 0.25) is 24.2 Å². The molecule has 29 heavy (non-hydrogen) atoms. The van der Waals surface area contributed by atoms with Gasteiger partial charge in [0.15, 0.2) is 17.5 Å². The zero-order valence-electron chi connectivity index (χ0n) is 18.2. The van der Waals surface area contributed by atoms with Crippen molar-refractivity contribution in [2.75, 3.05) is 0 Å². The molecule has 0 aromatic heterocycles. The second-order valence-electron chi connectivity index (χ2n) is 9.60. The first kappa shape index (κ1) is 26.2. The lowest BCUT2D eigenvalue weighted by atomic mass is 10.2. The highest BCUT2D eigenvalue weighted by atomic mass is 28.4. The van der Waals surface area contributed by atoms with Crippen LogP contribution in [0.1, 0.15) is 48.0 Å². The third kappa shape index (κ3) is 7.11. The topological polar surface area (TPSA) is 18.5 Å². The van der Waals surface area contributed by atoms with Gasteiger partial charge in [0.05, 0.1) is 5.60 Å². The summed E-state index contributed by atoms with van der Waals surface area (Å²) in [7, 11) is -6.79. The van der Waals surface area contributed by atoms with E-state index in [-0.39, 0.29) is 11.2 Å². The number of hydrogen-bond acceptors (Lipinski definition) is 2. The monoisotopic (exact) mass is 460 g/mol. The zero-order valence-corrected chi connectivity index (χ0v) is 20.2. The van der Waals surface area contributed by atoms with Gasteiger partial charge in [-0.3, -0.25) is 0 Å². The minimum Gasteiger partial charge on any atom is -0.431 e. The van der Waals surface area contributed by atoms with Gasteiger partial charge < -0.3 is 8.54 Å². The first-order valence-electron chi connectivity index (χ1n) is 9.31. The van der Waals surface area contributed by atoms with E-state index in [1.807, 2.05) is 0 Å². The second-order valence-corrected chi connectivity index (χ2v) is 17.5. The molecule has 1 rings (SSSR count). The van der Waals surface area contributed by atoms with Crippen molar-refractivity contribution in [1.29, 1.82) is 0 Å². The molecule has 168 valence electrons. The Bertz CT molecular complexity index is 704. The Hall–Kier alpha value is -0.846. The van der Waals surface area contributed by atoms with Crippen LogP contribution in [0.25, 0.3) is 0 Å². The molecule has 0 aliphatic rings. The summed E-state index contributed by atoms with van der Waals surface area (Å²) in [6.45, 7) is 13.7. The number of hydrogen-bond donors (Lipinski definition) is 0. The SMILES string of the molecule is CC(C)(C)O[Si](C)(CCC(F)(F)F)O[Si](C)(c1cc(F)c(F)c(F)c1)C(C)(C)C. The molecule has 0 saturated carbocycles. The maximum absolute atomic E-state index is 13.9. The average molecular weight is 461 g/mol. The van der Waals surface area contributed by atoms with Crippen LogP contribution in [0.3, 0.4) is 0 Å². The van der Waals surface area contributed by atoms with Crippen molar-refractivity contribution in [2.45, 2.75) is 83.9 Å². The van der Waals surface area contributed by atoms with Crippen molar-refractivity contribution in [2.24, 2.45) is 0 Å². The van der Waals surface area contributed by atoms with Crippen molar-refractivity contribution in [3.8, 4) is 0 Å². The molecule has 0 fully saturated rings. The van der Waals surface area contributed by atoms with Gasteiger partial charge in [-0.25, -0.2) is 13.2 Å². The van der Waals surface area contributed by atoms with Gasteiger partial charge in [-0.15, -0.1) is 0 Å². The minimum atomic E-state index is -4.40. The summed E-state index contributed by atoms with van der Waals surface area (Å²) in [5.74, 6) is -4.31. The van der Waals surface area contributed by atoms with E-state index in [2.05, 4.69) is 0 Å². The summed E-state index contributed by atoms with van der Waals surface area (Å²) in [4.78, 5) is 0. The fraction of sp³-hybridized carbons (Fsp3) is 0.684. The lowest BCUT2D eigenvalue weighted by Gasteiger charge is -2.47. The van der Waals surface area contributed by atoms with Gasteiger partial charge in [-0.2, -0.15) is 13.2 Å². The molecule has 0 amide bonds. The first-order valence-corrected chi connectivity index (χ1v) is 14.2. The van der Waals surface area contributed by atoms with Crippen LogP contribution in [0, 0.1) is 17.5 Å². The van der Waals surface area contributed by atoms with E-state index in [0.717, 1.165) is 12.1 Å². The highest BCUT2D eigenvalue weighted by molar-refractivity contribution is 6.93. The van der Waals surface area contributed by atoms with Crippen LogP contribution in [-0.2, 0) is 8.54 Å². The normalized spacial score (nSPS) is 17.7. The molecule has 2 unspecified atom stereocenters. The van der Waals surface area contributed by atoms with Crippen molar-refractivity contribution >= 4 is 22.1 Å². The maximum atomic E-state index is 13.9. The van der Waals surface area contributed by atoms with Gasteiger partial charge in [-0.1, -0.05) is 20.8 Å². The van der Waals surface area contributed by atoms with E-state index in [9.17, 15) is 26.3 Å². The second kappa shape index (κ2) is 8.35. The third-order valence-electron chi connectivity index (χ3n) is 4.77. The Morgan fingerprint density at radius 3 is 1.66 bits per heavy atom. The lowest BCUT2D eigenvalue weighted by Crippen LogP contribution is -2.63. The van der Waals surface area contributed by atoms with Crippen LogP contribution in [0.5, 0.6) is 0 Å². The predicted molar refractivity (Wildman–Crippen MR) is 106 cm³/mol. The van der Waals surface area contributed by atoms with E-state index in [1.165, 1.54) is 6.55 Å². The summed E-state index contributed by atoms with van der Waals surface area (Å²) in [5, 5.41) is -0.540. The lowest BCUT2D eigenvalue weighted by molar-refractivity contribution is -0.132. The molecule has 0 spiro atoms. The van der Waals surface area contributed by atoms with Gasteiger partial charge in [0, 0.05) is 6.42 Å². The Balaban J connectivity index is 3.51. The number of rotatable bonds is 6. The quantitative estimate of drug-likeness (QED) is 0.273. The highest BCUT2D eigenvalue weighted by Gasteiger charge is 2.52. The van der Waals surface area contributed by atoms with Crippen LogP contribution in [0.4, 0.5) is 26.3 Å². The molecule has 0 aliphatic carbocycles. The van der Waals surface area contributed by atoms with Crippen LogP contribution in [-0.4, -0.2) is 28.7 Å². The zero-order chi connectivity index (χ0) is 23.1. The first-order chi connectivity index (χ1) is 12.7. The maximum Gasteiger partial charge on any atom is 0.389 e. The largest absolute Gasteiger partial charge is 0.431 e. The standard InChI is InChI=1S/C19H30F6O2Si2/c1-17(2,3)26-28(7,10-9-19(23,24)25)27-29(8,18(4,5)6)13-11-14(20)16(22)15(21)12-13/h11-12H,9-10H2,1-8H3. The summed E-state index contributed by atoms with van der Waals surface area (Å²) in [6.07, 6.45) is -5.49. The molecule has 0 N–H and O–H groups in total. The van der Waals surface area contributed by atoms with Crippen LogP contribution in [0.15, 0.2) is 12.1 Å². The molecule has 1 aromatic carbocycles. The fourth-order valence-corrected chi connectivity index (χ4v) is 12.6. The van der Waals surface area contributed by atoms with Gasteiger partial charge in [-0.05, 0) is 62.3 Å². The Kier molecular flexibility index (Phi) is 7.54. The van der Waals surface area contributed by atoms with Crippen molar-refractivity contribution in [3.05, 3.63) is 29.6 Å². The number of alkyl halides is 3. The predicted octanol–water partition coefficient (Wildman–Crippen LogP) is 6.54. The average Bonchev–Trinajstić information content (AvgIpc) is 2.46. The fourth-order valence-electron chi connectivity index (χ4n) is 3.05. The number of benzene rings is 1. The molecule has 1 aromatic rings. The summed E-state index contributed by atoms with van der Waals surface area (Å²) < 4.78 is 92.6. The van der Waals surface area contributed by atoms with Gasteiger partial charge >= 0.3 is 14.7 Å². The molecule has 0 heterocycles. The van der Waals surface area contributed by atoms with Gasteiger partial charge in [0.2, 0.25) is 8.32 Å². The van der Waals surface area contributed by atoms with E-state index >= 15 is 0 Å². The summed E-state index contributed by atoms with van der Waals surface area (Å²) in [5.41, 5.74) is -0.779. The molecular weight excluding hydrogens is 430 g/mol. The molecule has 2 atom stereocenters. The van der Waals surface area contributed by atoms with E-state index < -0.39 is 57.6 Å². The van der Waals surface area contributed by atoms with Gasteiger partial charge in [0.25, 0.3) is 0 Å². The van der Waals surface area contributed by atoms with Crippen molar-refractivity contribution < 1.29 is 34.9 Å². The van der Waals surface area contributed by atoms with Crippen molar-refractivity contribution in [3.63, 3.8) is 0 Å². The number of halogens is 6. The highest BCUT2D eigenvalue weighted by Crippen LogP contribution is 2.41. The summed E-state index contributed by atoms with van der Waals surface area (Å²) in [6, 6.07) is 1.40. The Morgan fingerprint density at radius 1 is 0.862 bits per heavy atom. The molecule has 0 saturated heterocycles. The summed E-state index contributed by atoms with van der Waals surface area (Å²) >= 11 is 0. The van der Waals surface area contributed by atoms with Crippen molar-refractivity contribution in [1.82, 2.24) is 0 Å². The molecule has 0 aliphatic heterocycles. The molecule has 0 radical (unpaired) electrons. The van der Waals surface area contributed by atoms with Crippen LogP contribution < -0.4 is 5.19 Å². The van der Waals surface area contributed by atoms with E-state index in [1.54, 1.807) is 48.1 Å². The van der Waals surface area contributed by atoms with Crippen LogP contribution >= 0.6 is 0 Å². The minimum absolute atomic E-state index is 0.129. The molecule has 2 nitrogen and oxygen atoms in total. The third-order valence-corrected chi connectivity index (χ3v) is 14.6. The molecule has 0 bridgehead atoms. The molecule has 10 heteroatoms. The Morgan fingerprint density at radius 2 is 1.31 bits per heavy atom. The smallest absolute Gasteiger partial charge is 0.389 e. The van der Waals surface area contributed by atoms with Gasteiger partial charge in [0.1, 0.15) is 0 Å². The molecular formula is C19H30F6O2Si2. The van der Waals surface area contributed by atoms with E-state index in [4.69, 9.17) is 8.54 Å². The Labute approximate surface area is 171 Å². The van der Waals surface area contributed by atoms with E-state index in [0.29, 0.717) is 0 Å².